The van der Waals surface area contributed by atoms with Crippen LogP contribution in [-0.4, -0.2) is 42.1 Å². The van der Waals surface area contributed by atoms with Crippen LogP contribution in [0.5, 0.6) is 0 Å². The van der Waals surface area contributed by atoms with E-state index in [-0.39, 0.29) is 0 Å². The maximum Gasteiger partial charge on any atom is 0.106 e. The summed E-state index contributed by atoms with van der Waals surface area (Å²) < 4.78 is 0. The van der Waals surface area contributed by atoms with Gasteiger partial charge in [0.2, 0.25) is 0 Å². The molecule has 2 rings (SSSR count). The summed E-state index contributed by atoms with van der Waals surface area (Å²) in [6.45, 7) is 8.54. The van der Waals surface area contributed by atoms with Crippen LogP contribution in [0.15, 0.2) is 18.2 Å². The molecule has 1 aliphatic rings. The second-order valence-corrected chi connectivity index (χ2v) is 6.02. The summed E-state index contributed by atoms with van der Waals surface area (Å²) in [5.41, 5.74) is 7.77. The fourth-order valence-corrected chi connectivity index (χ4v) is 2.79. The molecule has 1 fully saturated rings. The molecule has 0 amide bonds. The highest BCUT2D eigenvalue weighted by atomic mass is 35.5. The summed E-state index contributed by atoms with van der Waals surface area (Å²) in [5, 5.41) is 0.723. The van der Waals surface area contributed by atoms with E-state index in [2.05, 4.69) is 23.6 Å². The number of thiocarbonyl (C=S) groups is 1. The minimum absolute atomic E-state index is 0.429. The molecule has 2 N–H and O–H groups in total. The average molecular weight is 298 g/mol. The first-order valence-corrected chi connectivity index (χ1v) is 7.36. The lowest BCUT2D eigenvalue weighted by Crippen LogP contribution is -2.49. The molecule has 19 heavy (non-hydrogen) atoms. The third kappa shape index (κ3) is 3.38. The van der Waals surface area contributed by atoms with Crippen molar-refractivity contribution < 1.29 is 0 Å². The van der Waals surface area contributed by atoms with Gasteiger partial charge in [0.15, 0.2) is 0 Å². The number of nitrogens with two attached hydrogens (primary N) is 1. The van der Waals surface area contributed by atoms with Crippen molar-refractivity contribution in [3.05, 3.63) is 28.8 Å². The Hall–Kier alpha value is -0.840. The van der Waals surface area contributed by atoms with Crippen molar-refractivity contribution in [3.8, 4) is 0 Å². The predicted molar refractivity (Wildman–Crippen MR) is 86.3 cm³/mol. The molecule has 1 aliphatic heterocycles. The molecule has 1 aromatic rings. The van der Waals surface area contributed by atoms with Crippen molar-refractivity contribution in [3.63, 3.8) is 0 Å². The van der Waals surface area contributed by atoms with Crippen LogP contribution in [0.2, 0.25) is 5.02 Å². The molecule has 1 heterocycles. The van der Waals surface area contributed by atoms with E-state index in [1.165, 1.54) is 0 Å². The van der Waals surface area contributed by atoms with Gasteiger partial charge in [0.05, 0.1) is 0 Å². The highest BCUT2D eigenvalue weighted by Gasteiger charge is 2.21. The number of hydrogen-bond acceptors (Lipinski definition) is 3. The van der Waals surface area contributed by atoms with E-state index in [0.29, 0.717) is 11.0 Å². The first-order chi connectivity index (χ1) is 8.99. The fraction of sp³-hybridized carbons (Fsp3) is 0.500. The Morgan fingerprint density at radius 2 is 1.89 bits per heavy atom. The lowest BCUT2D eigenvalue weighted by molar-refractivity contribution is 0.209. The van der Waals surface area contributed by atoms with E-state index in [9.17, 15) is 0 Å². The molecule has 3 nitrogen and oxygen atoms in total. The first kappa shape index (κ1) is 14.6. The van der Waals surface area contributed by atoms with Crippen molar-refractivity contribution in [2.75, 3.05) is 31.1 Å². The summed E-state index contributed by atoms with van der Waals surface area (Å²) in [5.74, 6) is 0. The van der Waals surface area contributed by atoms with Gasteiger partial charge in [0.25, 0.3) is 0 Å². The van der Waals surface area contributed by atoms with Crippen LogP contribution in [-0.2, 0) is 0 Å². The number of hydrogen-bond donors (Lipinski definition) is 1. The molecular formula is C14H20ClN3S. The molecule has 0 bridgehead atoms. The quantitative estimate of drug-likeness (QED) is 0.869. The van der Waals surface area contributed by atoms with Crippen LogP contribution in [0.4, 0.5) is 5.69 Å². The highest BCUT2D eigenvalue weighted by molar-refractivity contribution is 7.80. The Morgan fingerprint density at radius 1 is 1.26 bits per heavy atom. The molecule has 5 heteroatoms. The topological polar surface area (TPSA) is 32.5 Å². The number of piperazine rings is 1. The molecule has 0 unspecified atom stereocenters. The van der Waals surface area contributed by atoms with E-state index in [0.717, 1.165) is 42.5 Å². The number of benzene rings is 1. The molecule has 0 aliphatic carbocycles. The number of halogens is 1. The number of nitrogens with zero attached hydrogens (tertiary/aromatic N) is 2. The van der Waals surface area contributed by atoms with Crippen molar-refractivity contribution in [2.24, 2.45) is 5.73 Å². The molecule has 0 spiro atoms. The Balaban J connectivity index is 2.19. The average Bonchev–Trinajstić information content (AvgIpc) is 2.38. The van der Waals surface area contributed by atoms with Crippen molar-refractivity contribution in [1.29, 1.82) is 0 Å². The van der Waals surface area contributed by atoms with E-state index >= 15 is 0 Å². The SMILES string of the molecule is CC(C)N1CCN(c2cc(Cl)ccc2C(N)=S)CC1. The Morgan fingerprint density at radius 3 is 2.42 bits per heavy atom. The molecule has 1 saturated heterocycles. The van der Waals surface area contributed by atoms with Crippen molar-refractivity contribution in [2.45, 2.75) is 19.9 Å². The van der Waals surface area contributed by atoms with Crippen LogP contribution >= 0.6 is 23.8 Å². The van der Waals surface area contributed by atoms with Gasteiger partial charge in [-0.1, -0.05) is 23.8 Å². The van der Waals surface area contributed by atoms with Crippen molar-refractivity contribution in [1.82, 2.24) is 4.90 Å². The number of anilines is 1. The fourth-order valence-electron chi connectivity index (χ4n) is 2.45. The van der Waals surface area contributed by atoms with Crippen LogP contribution in [0, 0.1) is 0 Å². The summed E-state index contributed by atoms with van der Waals surface area (Å²) in [6, 6.07) is 6.30. The first-order valence-electron chi connectivity index (χ1n) is 6.57. The molecule has 0 saturated carbocycles. The summed E-state index contributed by atoms with van der Waals surface area (Å²) in [7, 11) is 0. The minimum Gasteiger partial charge on any atom is -0.389 e. The zero-order chi connectivity index (χ0) is 14.0. The standard InChI is InChI=1S/C14H20ClN3S/c1-10(2)17-5-7-18(8-6-17)13-9-11(15)3-4-12(13)14(16)19/h3-4,9-10H,5-8H2,1-2H3,(H2,16,19). The van der Waals surface area contributed by atoms with Gasteiger partial charge in [-0.15, -0.1) is 0 Å². The van der Waals surface area contributed by atoms with Gasteiger partial charge in [-0.25, -0.2) is 0 Å². The Kier molecular flexibility index (Phi) is 4.66. The van der Waals surface area contributed by atoms with E-state index < -0.39 is 0 Å². The van der Waals surface area contributed by atoms with Gasteiger partial charge in [0.1, 0.15) is 4.99 Å². The smallest absolute Gasteiger partial charge is 0.106 e. The molecule has 0 atom stereocenters. The third-order valence-corrected chi connectivity index (χ3v) is 4.07. The Labute approximate surface area is 125 Å². The van der Waals surface area contributed by atoms with Gasteiger partial charge in [-0.05, 0) is 32.0 Å². The maximum absolute atomic E-state index is 6.10. The Bertz CT molecular complexity index is 468. The second-order valence-electron chi connectivity index (χ2n) is 5.14. The molecule has 104 valence electrons. The monoisotopic (exact) mass is 297 g/mol. The van der Waals surface area contributed by atoms with Gasteiger partial charge in [-0.3, -0.25) is 4.90 Å². The van der Waals surface area contributed by atoms with Gasteiger partial charge in [-0.2, -0.15) is 0 Å². The zero-order valence-electron chi connectivity index (χ0n) is 11.4. The number of rotatable bonds is 3. The summed E-state index contributed by atoms with van der Waals surface area (Å²) >= 11 is 11.2. The van der Waals surface area contributed by atoms with Crippen molar-refractivity contribution >= 4 is 34.5 Å². The van der Waals surface area contributed by atoms with Gasteiger partial charge < -0.3 is 10.6 Å². The van der Waals surface area contributed by atoms with Crippen LogP contribution < -0.4 is 10.6 Å². The molecular weight excluding hydrogens is 278 g/mol. The van der Waals surface area contributed by atoms with Crippen LogP contribution in [0.3, 0.4) is 0 Å². The minimum atomic E-state index is 0.429. The van der Waals surface area contributed by atoms with Crippen LogP contribution in [0.1, 0.15) is 19.4 Å². The lowest BCUT2D eigenvalue weighted by Gasteiger charge is -2.38. The summed E-state index contributed by atoms with van der Waals surface area (Å²) in [6.07, 6.45) is 0. The van der Waals surface area contributed by atoms with E-state index in [1.807, 2.05) is 18.2 Å². The predicted octanol–water partition coefficient (Wildman–Crippen LogP) is 2.50. The van der Waals surface area contributed by atoms with Crippen LogP contribution in [0.25, 0.3) is 0 Å². The highest BCUT2D eigenvalue weighted by Crippen LogP contribution is 2.26. The lowest BCUT2D eigenvalue weighted by atomic mass is 10.1. The van der Waals surface area contributed by atoms with E-state index in [1.54, 1.807) is 0 Å². The largest absolute Gasteiger partial charge is 0.389 e. The second kappa shape index (κ2) is 6.07. The summed E-state index contributed by atoms with van der Waals surface area (Å²) in [4.78, 5) is 5.22. The van der Waals surface area contributed by atoms with Gasteiger partial charge >= 0.3 is 0 Å². The maximum atomic E-state index is 6.10. The van der Waals surface area contributed by atoms with E-state index in [4.69, 9.17) is 29.6 Å². The molecule has 0 aromatic heterocycles. The molecule has 0 radical (unpaired) electrons. The third-order valence-electron chi connectivity index (χ3n) is 3.61. The van der Waals surface area contributed by atoms with Gasteiger partial charge in [0, 0.05) is 48.5 Å². The zero-order valence-corrected chi connectivity index (χ0v) is 13.0. The molecule has 1 aromatic carbocycles. The normalized spacial score (nSPS) is 16.9.